The van der Waals surface area contributed by atoms with Crippen LogP contribution in [0.15, 0.2) is 41.5 Å². The van der Waals surface area contributed by atoms with Gasteiger partial charge in [-0.15, -0.1) is 0 Å². The fraction of sp³-hybridized carbons (Fsp3) is 0.231. The number of amidine groups is 1. The molecule has 0 bridgehead atoms. The number of nitrogens with zero attached hydrogens (tertiary/aromatic N) is 2. The Labute approximate surface area is 104 Å². The van der Waals surface area contributed by atoms with E-state index in [1.54, 1.807) is 11.8 Å². The molecule has 17 heavy (non-hydrogen) atoms. The molecule has 0 aliphatic carbocycles. The van der Waals surface area contributed by atoms with Crippen LogP contribution in [-0.4, -0.2) is 21.9 Å². The predicted octanol–water partition coefficient (Wildman–Crippen LogP) is 3.14. The molecular formula is C13H13N3S. The molecule has 86 valence electrons. The highest BCUT2D eigenvalue weighted by Crippen LogP contribution is 2.21. The summed E-state index contributed by atoms with van der Waals surface area (Å²) in [6.45, 7) is 2.13. The SMILES string of the molecule is CC1CSC(Nc2cnc3ccccc3c2)=N1. The van der Waals surface area contributed by atoms with Gasteiger partial charge in [-0.05, 0) is 19.1 Å². The van der Waals surface area contributed by atoms with Crippen LogP contribution in [0.5, 0.6) is 0 Å². The van der Waals surface area contributed by atoms with E-state index in [0.717, 1.165) is 27.5 Å². The van der Waals surface area contributed by atoms with E-state index in [1.807, 2.05) is 24.4 Å². The number of hydrogen-bond acceptors (Lipinski definition) is 4. The topological polar surface area (TPSA) is 37.3 Å². The van der Waals surface area contributed by atoms with Gasteiger partial charge in [-0.25, -0.2) is 0 Å². The zero-order chi connectivity index (χ0) is 11.7. The molecular weight excluding hydrogens is 230 g/mol. The van der Waals surface area contributed by atoms with E-state index in [0.29, 0.717) is 6.04 Å². The first-order valence-electron chi connectivity index (χ1n) is 5.64. The van der Waals surface area contributed by atoms with Crippen LogP contribution in [0.2, 0.25) is 0 Å². The van der Waals surface area contributed by atoms with E-state index in [-0.39, 0.29) is 0 Å². The van der Waals surface area contributed by atoms with E-state index in [4.69, 9.17) is 0 Å². The molecule has 0 saturated carbocycles. The highest BCUT2D eigenvalue weighted by Gasteiger charge is 2.13. The molecule has 4 heteroatoms. The van der Waals surface area contributed by atoms with Gasteiger partial charge in [0.25, 0.3) is 0 Å². The van der Waals surface area contributed by atoms with Gasteiger partial charge in [-0.2, -0.15) is 0 Å². The number of benzene rings is 1. The molecule has 0 saturated heterocycles. The molecule has 1 aromatic heterocycles. The van der Waals surface area contributed by atoms with Crippen molar-refractivity contribution in [2.45, 2.75) is 13.0 Å². The van der Waals surface area contributed by atoms with Gasteiger partial charge in [0, 0.05) is 11.1 Å². The molecule has 0 fully saturated rings. The predicted molar refractivity (Wildman–Crippen MR) is 74.7 cm³/mol. The molecule has 1 unspecified atom stereocenters. The largest absolute Gasteiger partial charge is 0.334 e. The lowest BCUT2D eigenvalue weighted by Crippen LogP contribution is -2.05. The number of anilines is 1. The van der Waals surface area contributed by atoms with Crippen LogP contribution in [0.4, 0.5) is 5.69 Å². The van der Waals surface area contributed by atoms with Crippen LogP contribution < -0.4 is 5.32 Å². The standard InChI is InChI=1S/C13H13N3S/c1-9-8-17-13(15-9)16-11-6-10-4-2-3-5-12(10)14-7-11/h2-7,9H,8H2,1H3,(H,15,16). The zero-order valence-electron chi connectivity index (χ0n) is 9.55. The number of hydrogen-bond donors (Lipinski definition) is 1. The molecule has 0 amide bonds. The number of nitrogens with one attached hydrogen (secondary N) is 1. The maximum Gasteiger partial charge on any atom is 0.161 e. The molecule has 3 rings (SSSR count). The molecule has 1 aromatic carbocycles. The lowest BCUT2D eigenvalue weighted by Gasteiger charge is -2.05. The van der Waals surface area contributed by atoms with Crippen molar-refractivity contribution in [3.8, 4) is 0 Å². The van der Waals surface area contributed by atoms with E-state index >= 15 is 0 Å². The van der Waals surface area contributed by atoms with Gasteiger partial charge in [0.05, 0.1) is 23.4 Å². The third-order valence-electron chi connectivity index (χ3n) is 2.64. The van der Waals surface area contributed by atoms with Crippen LogP contribution >= 0.6 is 11.8 Å². The maximum absolute atomic E-state index is 4.50. The average molecular weight is 243 g/mol. The number of aliphatic imine (C=N–C) groups is 1. The van der Waals surface area contributed by atoms with Crippen molar-refractivity contribution in [2.24, 2.45) is 4.99 Å². The lowest BCUT2D eigenvalue weighted by molar-refractivity contribution is 0.865. The summed E-state index contributed by atoms with van der Waals surface area (Å²) in [5.41, 5.74) is 2.02. The van der Waals surface area contributed by atoms with Gasteiger partial charge >= 0.3 is 0 Å². The molecule has 1 aliphatic heterocycles. The van der Waals surface area contributed by atoms with Gasteiger partial charge < -0.3 is 5.32 Å². The molecule has 2 aromatic rings. The second-order valence-corrected chi connectivity index (χ2v) is 5.14. The first kappa shape index (κ1) is 10.6. The normalized spacial score (nSPS) is 19.4. The Morgan fingerprint density at radius 3 is 3.06 bits per heavy atom. The summed E-state index contributed by atoms with van der Waals surface area (Å²) in [6.07, 6.45) is 1.86. The summed E-state index contributed by atoms with van der Waals surface area (Å²) in [4.78, 5) is 8.92. The van der Waals surface area contributed by atoms with Crippen molar-refractivity contribution in [1.82, 2.24) is 4.98 Å². The number of para-hydroxylation sites is 1. The van der Waals surface area contributed by atoms with Crippen molar-refractivity contribution in [2.75, 3.05) is 11.1 Å². The first-order chi connectivity index (χ1) is 8.31. The number of aromatic nitrogens is 1. The zero-order valence-corrected chi connectivity index (χ0v) is 10.4. The van der Waals surface area contributed by atoms with E-state index < -0.39 is 0 Å². The highest BCUT2D eigenvalue weighted by molar-refractivity contribution is 8.14. The Morgan fingerprint density at radius 1 is 1.35 bits per heavy atom. The molecule has 1 N–H and O–H groups in total. The Morgan fingerprint density at radius 2 is 2.24 bits per heavy atom. The summed E-state index contributed by atoms with van der Waals surface area (Å²) in [7, 11) is 0. The molecule has 3 nitrogen and oxygen atoms in total. The summed E-state index contributed by atoms with van der Waals surface area (Å²) in [5.74, 6) is 1.06. The van der Waals surface area contributed by atoms with Crippen LogP contribution in [-0.2, 0) is 0 Å². The second kappa shape index (κ2) is 4.37. The van der Waals surface area contributed by atoms with E-state index in [9.17, 15) is 0 Å². The molecule has 0 radical (unpaired) electrons. The van der Waals surface area contributed by atoms with Crippen molar-refractivity contribution < 1.29 is 0 Å². The monoisotopic (exact) mass is 243 g/mol. The minimum Gasteiger partial charge on any atom is -0.334 e. The maximum atomic E-state index is 4.50. The van der Waals surface area contributed by atoms with Crippen molar-refractivity contribution in [3.05, 3.63) is 36.5 Å². The van der Waals surface area contributed by atoms with Crippen LogP contribution in [0.1, 0.15) is 6.92 Å². The van der Waals surface area contributed by atoms with Crippen molar-refractivity contribution in [3.63, 3.8) is 0 Å². The van der Waals surface area contributed by atoms with Gasteiger partial charge in [0.15, 0.2) is 5.17 Å². The minimum absolute atomic E-state index is 0.413. The van der Waals surface area contributed by atoms with Gasteiger partial charge in [-0.1, -0.05) is 30.0 Å². The Kier molecular flexibility index (Phi) is 2.73. The highest BCUT2D eigenvalue weighted by atomic mass is 32.2. The quantitative estimate of drug-likeness (QED) is 0.836. The van der Waals surface area contributed by atoms with Crippen molar-refractivity contribution in [1.29, 1.82) is 0 Å². The smallest absolute Gasteiger partial charge is 0.161 e. The van der Waals surface area contributed by atoms with Crippen LogP contribution in [0.25, 0.3) is 10.9 Å². The Hall–Kier alpha value is -1.55. The Bertz CT molecular complexity index is 580. The van der Waals surface area contributed by atoms with Crippen molar-refractivity contribution >= 4 is 33.5 Å². The third-order valence-corrected chi connectivity index (χ3v) is 3.77. The fourth-order valence-corrected chi connectivity index (χ4v) is 2.72. The Balaban J connectivity index is 1.88. The molecule has 1 aliphatic rings. The first-order valence-corrected chi connectivity index (χ1v) is 6.62. The van der Waals surface area contributed by atoms with Crippen LogP contribution in [0, 0.1) is 0 Å². The van der Waals surface area contributed by atoms with E-state index in [2.05, 4.69) is 34.3 Å². The number of thioether (sulfide) groups is 1. The number of fused-ring (bicyclic) bond motifs is 1. The molecule has 1 atom stereocenters. The average Bonchev–Trinajstić information content (AvgIpc) is 2.75. The molecule has 0 spiro atoms. The third kappa shape index (κ3) is 2.26. The van der Waals surface area contributed by atoms with Gasteiger partial charge in [0.2, 0.25) is 0 Å². The second-order valence-electron chi connectivity index (χ2n) is 4.14. The summed E-state index contributed by atoms with van der Waals surface area (Å²) >= 11 is 1.76. The summed E-state index contributed by atoms with van der Waals surface area (Å²) < 4.78 is 0. The number of rotatable bonds is 1. The molecule has 2 heterocycles. The lowest BCUT2D eigenvalue weighted by atomic mass is 10.2. The fourth-order valence-electron chi connectivity index (χ4n) is 1.81. The van der Waals surface area contributed by atoms with Gasteiger partial charge in [-0.3, -0.25) is 9.98 Å². The number of pyridine rings is 1. The minimum atomic E-state index is 0.413. The van der Waals surface area contributed by atoms with Gasteiger partial charge in [0.1, 0.15) is 0 Å². The summed E-state index contributed by atoms with van der Waals surface area (Å²) in [6, 6.07) is 10.6. The summed E-state index contributed by atoms with van der Waals surface area (Å²) in [5, 5.41) is 5.46. The van der Waals surface area contributed by atoms with Crippen LogP contribution in [0.3, 0.4) is 0 Å². The van der Waals surface area contributed by atoms with E-state index in [1.165, 1.54) is 0 Å².